The number of aromatic nitrogens is 1. The van der Waals surface area contributed by atoms with Gasteiger partial charge in [0.2, 0.25) is 5.91 Å². The molecule has 0 radical (unpaired) electrons. The maximum atomic E-state index is 11.7. The molecule has 4 nitrogen and oxygen atoms in total. The topological polar surface area (TPSA) is 68.0 Å². The minimum Gasteiger partial charge on any atom is -0.350 e. The molecule has 0 bridgehead atoms. The maximum absolute atomic E-state index is 11.7. The van der Waals surface area contributed by atoms with Gasteiger partial charge in [-0.15, -0.1) is 0 Å². The number of nitrogens with one attached hydrogen (secondary N) is 1. The zero-order valence-electron chi connectivity index (χ0n) is 11.7. The van der Waals surface area contributed by atoms with Crippen LogP contribution in [0, 0.1) is 12.3 Å². The summed E-state index contributed by atoms with van der Waals surface area (Å²) in [6.45, 7) is 8.49. The van der Waals surface area contributed by atoms with Gasteiger partial charge in [0, 0.05) is 18.2 Å². The number of nitrogens with zero attached hydrogens (tertiary/aromatic N) is 1. The molecule has 0 aromatic carbocycles. The van der Waals surface area contributed by atoms with Crippen molar-refractivity contribution in [2.45, 2.75) is 46.7 Å². The van der Waals surface area contributed by atoms with Crippen molar-refractivity contribution in [1.29, 1.82) is 0 Å². The molecule has 1 atom stereocenters. The van der Waals surface area contributed by atoms with E-state index in [2.05, 4.69) is 10.3 Å². The summed E-state index contributed by atoms with van der Waals surface area (Å²) in [5.74, 6) is -0.0271. The van der Waals surface area contributed by atoms with Gasteiger partial charge in [0.05, 0.1) is 12.2 Å². The summed E-state index contributed by atoms with van der Waals surface area (Å²) in [6.07, 6.45) is 0.343. The van der Waals surface area contributed by atoms with Gasteiger partial charge in [0.1, 0.15) is 0 Å². The summed E-state index contributed by atoms with van der Waals surface area (Å²) in [4.78, 5) is 16.1. The summed E-state index contributed by atoms with van der Waals surface area (Å²) < 4.78 is 0. The highest BCUT2D eigenvalue weighted by Gasteiger charge is 2.22. The molecule has 100 valence electrons. The van der Waals surface area contributed by atoms with Gasteiger partial charge in [-0.25, -0.2) is 0 Å². The van der Waals surface area contributed by atoms with E-state index in [0.717, 1.165) is 11.4 Å². The predicted octanol–water partition coefficient (Wildman–Crippen LogP) is 1.77. The first-order valence-corrected chi connectivity index (χ1v) is 6.24. The van der Waals surface area contributed by atoms with Crippen LogP contribution >= 0.6 is 0 Å². The number of nitrogens with two attached hydrogens (primary N) is 1. The highest BCUT2D eigenvalue weighted by atomic mass is 16.1. The number of hydrogen-bond donors (Lipinski definition) is 2. The number of carbonyl (C=O) groups excluding carboxylic acids is 1. The van der Waals surface area contributed by atoms with Crippen molar-refractivity contribution in [1.82, 2.24) is 10.3 Å². The van der Waals surface area contributed by atoms with E-state index in [1.807, 2.05) is 45.9 Å². The number of carbonyl (C=O) groups is 1. The summed E-state index contributed by atoms with van der Waals surface area (Å²) in [5.41, 5.74) is 7.73. The molecule has 1 aromatic heterocycles. The Morgan fingerprint density at radius 2 is 2.11 bits per heavy atom. The first-order chi connectivity index (χ1) is 8.29. The van der Waals surface area contributed by atoms with Gasteiger partial charge in [-0.3, -0.25) is 9.78 Å². The Kier molecular flexibility index (Phi) is 4.84. The molecule has 1 aromatic rings. The largest absolute Gasteiger partial charge is 0.350 e. The molecule has 0 saturated carbocycles. The van der Waals surface area contributed by atoms with E-state index in [1.54, 1.807) is 0 Å². The standard InChI is InChI=1S/C14H23N3O/c1-10-6-5-7-11(17-10)9-16-13(18)8-12(15)14(2,3)4/h5-7,12H,8-9,15H2,1-4H3,(H,16,18). The normalized spacial score (nSPS) is 13.2. The lowest BCUT2D eigenvalue weighted by Gasteiger charge is -2.26. The Morgan fingerprint density at radius 1 is 1.44 bits per heavy atom. The van der Waals surface area contributed by atoms with Crippen LogP contribution in [-0.2, 0) is 11.3 Å². The second-order valence-electron chi connectivity index (χ2n) is 5.72. The molecular weight excluding hydrogens is 226 g/mol. The van der Waals surface area contributed by atoms with E-state index in [-0.39, 0.29) is 17.4 Å². The Bertz CT molecular complexity index is 410. The third kappa shape index (κ3) is 4.84. The second kappa shape index (κ2) is 5.96. The van der Waals surface area contributed by atoms with Crippen molar-refractivity contribution < 1.29 is 4.79 Å². The van der Waals surface area contributed by atoms with E-state index < -0.39 is 0 Å². The van der Waals surface area contributed by atoms with Crippen LogP contribution in [-0.4, -0.2) is 16.9 Å². The van der Waals surface area contributed by atoms with Crippen LogP contribution in [0.1, 0.15) is 38.6 Å². The van der Waals surface area contributed by atoms with Crippen molar-refractivity contribution >= 4 is 5.91 Å². The second-order valence-corrected chi connectivity index (χ2v) is 5.72. The minimum atomic E-state index is -0.136. The molecule has 0 spiro atoms. The van der Waals surface area contributed by atoms with Gasteiger partial charge < -0.3 is 11.1 Å². The molecule has 1 heterocycles. The van der Waals surface area contributed by atoms with Crippen LogP contribution in [0.3, 0.4) is 0 Å². The first-order valence-electron chi connectivity index (χ1n) is 6.24. The third-order valence-electron chi connectivity index (χ3n) is 2.93. The third-order valence-corrected chi connectivity index (χ3v) is 2.93. The van der Waals surface area contributed by atoms with Crippen molar-refractivity contribution in [3.05, 3.63) is 29.6 Å². The van der Waals surface area contributed by atoms with E-state index in [9.17, 15) is 4.79 Å². The lowest BCUT2D eigenvalue weighted by molar-refractivity contribution is -0.122. The molecule has 0 fully saturated rings. The lowest BCUT2D eigenvalue weighted by atomic mass is 9.85. The van der Waals surface area contributed by atoms with Gasteiger partial charge in [0.25, 0.3) is 0 Å². The minimum absolute atomic E-state index is 0.0271. The van der Waals surface area contributed by atoms with Crippen molar-refractivity contribution in [2.24, 2.45) is 11.1 Å². The van der Waals surface area contributed by atoms with Gasteiger partial charge >= 0.3 is 0 Å². The predicted molar refractivity (Wildman–Crippen MR) is 72.9 cm³/mol. The fraction of sp³-hybridized carbons (Fsp3) is 0.571. The Hall–Kier alpha value is -1.42. The number of pyridine rings is 1. The molecular formula is C14H23N3O. The van der Waals surface area contributed by atoms with Crippen molar-refractivity contribution in [2.75, 3.05) is 0 Å². The molecule has 0 aliphatic heterocycles. The van der Waals surface area contributed by atoms with Crippen molar-refractivity contribution in [3.63, 3.8) is 0 Å². The van der Waals surface area contributed by atoms with Gasteiger partial charge in [0.15, 0.2) is 0 Å². The highest BCUT2D eigenvalue weighted by Crippen LogP contribution is 2.19. The van der Waals surface area contributed by atoms with E-state index in [4.69, 9.17) is 5.73 Å². The molecule has 1 unspecified atom stereocenters. The quantitative estimate of drug-likeness (QED) is 0.854. The number of aryl methyl sites for hydroxylation is 1. The molecule has 1 amide bonds. The van der Waals surface area contributed by atoms with Crippen LogP contribution in [0.2, 0.25) is 0 Å². The van der Waals surface area contributed by atoms with Crippen molar-refractivity contribution in [3.8, 4) is 0 Å². The fourth-order valence-electron chi connectivity index (χ4n) is 1.47. The average Bonchev–Trinajstić information content (AvgIpc) is 2.25. The summed E-state index contributed by atoms with van der Waals surface area (Å²) in [5, 5.41) is 2.85. The lowest BCUT2D eigenvalue weighted by Crippen LogP contribution is -2.40. The summed E-state index contributed by atoms with van der Waals surface area (Å²) in [6, 6.07) is 5.63. The Labute approximate surface area is 109 Å². The molecule has 0 aliphatic rings. The zero-order valence-corrected chi connectivity index (χ0v) is 11.7. The van der Waals surface area contributed by atoms with Gasteiger partial charge in [-0.05, 0) is 24.5 Å². The number of hydrogen-bond acceptors (Lipinski definition) is 3. The maximum Gasteiger partial charge on any atom is 0.221 e. The van der Waals surface area contributed by atoms with Crippen LogP contribution in [0.15, 0.2) is 18.2 Å². The SMILES string of the molecule is Cc1cccc(CNC(=O)CC(N)C(C)(C)C)n1. The summed E-state index contributed by atoms with van der Waals surface area (Å²) in [7, 11) is 0. The average molecular weight is 249 g/mol. The molecule has 18 heavy (non-hydrogen) atoms. The number of amides is 1. The molecule has 0 saturated heterocycles. The molecule has 0 aliphatic carbocycles. The van der Waals surface area contributed by atoms with Gasteiger partial charge in [-0.1, -0.05) is 26.8 Å². The van der Waals surface area contributed by atoms with E-state index in [1.165, 1.54) is 0 Å². The van der Waals surface area contributed by atoms with Crippen LogP contribution in [0.25, 0.3) is 0 Å². The molecule has 3 N–H and O–H groups in total. The number of rotatable bonds is 4. The highest BCUT2D eigenvalue weighted by molar-refractivity contribution is 5.76. The molecule has 1 rings (SSSR count). The molecule has 4 heteroatoms. The monoisotopic (exact) mass is 249 g/mol. The smallest absolute Gasteiger partial charge is 0.221 e. The van der Waals surface area contributed by atoms with Crippen LogP contribution in [0.4, 0.5) is 0 Å². The Balaban J connectivity index is 2.42. The summed E-state index contributed by atoms with van der Waals surface area (Å²) >= 11 is 0. The van der Waals surface area contributed by atoms with Gasteiger partial charge in [-0.2, -0.15) is 0 Å². The van der Waals surface area contributed by atoms with E-state index in [0.29, 0.717) is 13.0 Å². The fourth-order valence-corrected chi connectivity index (χ4v) is 1.47. The Morgan fingerprint density at radius 3 is 2.67 bits per heavy atom. The first kappa shape index (κ1) is 14.6. The van der Waals surface area contributed by atoms with Crippen LogP contribution < -0.4 is 11.1 Å². The van der Waals surface area contributed by atoms with E-state index >= 15 is 0 Å². The van der Waals surface area contributed by atoms with Crippen LogP contribution in [0.5, 0.6) is 0 Å². The zero-order chi connectivity index (χ0) is 13.8.